The summed E-state index contributed by atoms with van der Waals surface area (Å²) in [6.45, 7) is 7.38. The average molecular weight is 189 g/mol. The molecule has 1 rings (SSSR count). The van der Waals surface area contributed by atoms with E-state index in [2.05, 4.69) is 50.4 Å². The monoisotopic (exact) mass is 189 g/mol. The van der Waals surface area contributed by atoms with E-state index in [0.717, 1.165) is 6.54 Å². The molecule has 76 valence electrons. The van der Waals surface area contributed by atoms with Crippen LogP contribution in [0.5, 0.6) is 0 Å². The summed E-state index contributed by atoms with van der Waals surface area (Å²) in [6, 6.07) is 6.56. The van der Waals surface area contributed by atoms with Crippen LogP contribution in [0.1, 0.15) is 23.6 Å². The minimum absolute atomic E-state index is 0.952. The molecule has 0 heterocycles. The van der Waals surface area contributed by atoms with Gasteiger partial charge in [0.15, 0.2) is 0 Å². The van der Waals surface area contributed by atoms with Gasteiger partial charge in [-0.15, -0.1) is 0 Å². The largest absolute Gasteiger partial charge is 0.316 e. The van der Waals surface area contributed by atoms with Gasteiger partial charge in [-0.2, -0.15) is 0 Å². The van der Waals surface area contributed by atoms with Crippen molar-refractivity contribution in [2.75, 3.05) is 13.6 Å². The summed E-state index contributed by atoms with van der Waals surface area (Å²) in [5.41, 5.74) is 5.36. The standard InChI is InChI=1S/C13H19N/c1-10-5-6-13(12(3)7-10)8-11(2)9-14-4/h5-8,14H,9H2,1-4H3/b11-8+. The minimum atomic E-state index is 0.952. The zero-order valence-corrected chi connectivity index (χ0v) is 9.52. The highest BCUT2D eigenvalue weighted by Crippen LogP contribution is 2.13. The smallest absolute Gasteiger partial charge is 0.0162 e. The zero-order chi connectivity index (χ0) is 10.6. The van der Waals surface area contributed by atoms with Crippen molar-refractivity contribution in [1.82, 2.24) is 5.32 Å². The van der Waals surface area contributed by atoms with Crippen molar-refractivity contribution in [2.24, 2.45) is 0 Å². The summed E-state index contributed by atoms with van der Waals surface area (Å²) < 4.78 is 0. The van der Waals surface area contributed by atoms with Crippen molar-refractivity contribution in [3.63, 3.8) is 0 Å². The Morgan fingerprint density at radius 2 is 2.07 bits per heavy atom. The molecule has 0 saturated heterocycles. The lowest BCUT2D eigenvalue weighted by atomic mass is 10.0. The van der Waals surface area contributed by atoms with Crippen LogP contribution >= 0.6 is 0 Å². The van der Waals surface area contributed by atoms with Crippen LogP contribution < -0.4 is 5.32 Å². The summed E-state index contributed by atoms with van der Waals surface area (Å²) in [6.07, 6.45) is 2.24. The third-order valence-electron chi connectivity index (χ3n) is 2.28. The molecule has 1 N–H and O–H groups in total. The summed E-state index contributed by atoms with van der Waals surface area (Å²) in [5, 5.41) is 3.15. The second kappa shape index (κ2) is 4.97. The third-order valence-corrected chi connectivity index (χ3v) is 2.28. The predicted octanol–water partition coefficient (Wildman–Crippen LogP) is 2.93. The Morgan fingerprint density at radius 3 is 2.64 bits per heavy atom. The average Bonchev–Trinajstić information content (AvgIpc) is 2.10. The molecule has 0 atom stereocenters. The van der Waals surface area contributed by atoms with E-state index in [-0.39, 0.29) is 0 Å². The van der Waals surface area contributed by atoms with Crippen LogP contribution in [0.4, 0.5) is 0 Å². The maximum Gasteiger partial charge on any atom is 0.0162 e. The fraction of sp³-hybridized carbons (Fsp3) is 0.385. The van der Waals surface area contributed by atoms with Crippen LogP contribution in [0.15, 0.2) is 23.8 Å². The van der Waals surface area contributed by atoms with Crippen molar-refractivity contribution >= 4 is 6.08 Å². The molecule has 0 radical (unpaired) electrons. The van der Waals surface area contributed by atoms with Crippen molar-refractivity contribution in [3.05, 3.63) is 40.5 Å². The molecule has 0 bridgehead atoms. The molecule has 0 aliphatic heterocycles. The van der Waals surface area contributed by atoms with Crippen LogP contribution in [-0.4, -0.2) is 13.6 Å². The molecular formula is C13H19N. The van der Waals surface area contributed by atoms with Gasteiger partial charge in [-0.25, -0.2) is 0 Å². The lowest BCUT2D eigenvalue weighted by molar-refractivity contribution is 0.884. The topological polar surface area (TPSA) is 12.0 Å². The molecule has 0 saturated carbocycles. The van der Waals surface area contributed by atoms with Crippen molar-refractivity contribution in [2.45, 2.75) is 20.8 Å². The van der Waals surface area contributed by atoms with E-state index in [4.69, 9.17) is 0 Å². The summed E-state index contributed by atoms with van der Waals surface area (Å²) in [7, 11) is 1.97. The van der Waals surface area contributed by atoms with Crippen LogP contribution in [0.2, 0.25) is 0 Å². The Bertz CT molecular complexity index is 337. The predicted molar refractivity (Wildman–Crippen MR) is 63.5 cm³/mol. The minimum Gasteiger partial charge on any atom is -0.316 e. The molecule has 0 amide bonds. The van der Waals surface area contributed by atoms with E-state index in [1.165, 1.54) is 22.3 Å². The van der Waals surface area contributed by atoms with Gasteiger partial charge in [0.1, 0.15) is 0 Å². The van der Waals surface area contributed by atoms with E-state index in [1.54, 1.807) is 0 Å². The van der Waals surface area contributed by atoms with Crippen molar-refractivity contribution in [3.8, 4) is 0 Å². The highest BCUT2D eigenvalue weighted by atomic mass is 14.8. The second-order valence-electron chi connectivity index (χ2n) is 3.88. The lowest BCUT2D eigenvalue weighted by Crippen LogP contribution is -2.08. The molecule has 1 nitrogen and oxygen atoms in total. The molecule has 14 heavy (non-hydrogen) atoms. The fourth-order valence-corrected chi connectivity index (χ4v) is 1.58. The van der Waals surface area contributed by atoms with E-state index in [0.29, 0.717) is 0 Å². The van der Waals surface area contributed by atoms with E-state index in [9.17, 15) is 0 Å². The van der Waals surface area contributed by atoms with Gasteiger partial charge in [-0.3, -0.25) is 0 Å². The molecule has 0 fully saturated rings. The first-order chi connectivity index (χ1) is 6.63. The van der Waals surface area contributed by atoms with Gasteiger partial charge >= 0.3 is 0 Å². The van der Waals surface area contributed by atoms with Crippen LogP contribution in [0.3, 0.4) is 0 Å². The number of aryl methyl sites for hydroxylation is 2. The Hall–Kier alpha value is -1.08. The van der Waals surface area contributed by atoms with E-state index < -0.39 is 0 Å². The van der Waals surface area contributed by atoms with Gasteiger partial charge in [-0.05, 0) is 38.9 Å². The molecule has 1 aromatic rings. The molecular weight excluding hydrogens is 170 g/mol. The first kappa shape index (κ1) is 11.0. The molecule has 0 unspecified atom stereocenters. The molecule has 0 aromatic heterocycles. The van der Waals surface area contributed by atoms with Gasteiger partial charge in [0.05, 0.1) is 0 Å². The van der Waals surface area contributed by atoms with Crippen LogP contribution in [-0.2, 0) is 0 Å². The first-order valence-electron chi connectivity index (χ1n) is 5.02. The van der Waals surface area contributed by atoms with Gasteiger partial charge in [0.25, 0.3) is 0 Å². The Kier molecular flexibility index (Phi) is 3.90. The molecule has 0 aliphatic rings. The Morgan fingerprint density at radius 1 is 1.36 bits per heavy atom. The Balaban J connectivity index is 2.91. The van der Waals surface area contributed by atoms with Gasteiger partial charge in [-0.1, -0.05) is 35.4 Å². The van der Waals surface area contributed by atoms with Gasteiger partial charge < -0.3 is 5.32 Å². The number of nitrogens with one attached hydrogen (secondary N) is 1. The zero-order valence-electron chi connectivity index (χ0n) is 9.52. The quantitative estimate of drug-likeness (QED) is 0.771. The lowest BCUT2D eigenvalue weighted by Gasteiger charge is -2.04. The van der Waals surface area contributed by atoms with Crippen molar-refractivity contribution in [1.29, 1.82) is 0 Å². The van der Waals surface area contributed by atoms with Gasteiger partial charge in [0.2, 0.25) is 0 Å². The number of likely N-dealkylation sites (N-methyl/N-ethyl adjacent to an activating group) is 1. The highest BCUT2D eigenvalue weighted by molar-refractivity contribution is 5.56. The van der Waals surface area contributed by atoms with Crippen LogP contribution in [0, 0.1) is 13.8 Å². The number of hydrogen-bond acceptors (Lipinski definition) is 1. The molecule has 0 spiro atoms. The van der Waals surface area contributed by atoms with E-state index >= 15 is 0 Å². The summed E-state index contributed by atoms with van der Waals surface area (Å²) >= 11 is 0. The maximum atomic E-state index is 3.15. The second-order valence-corrected chi connectivity index (χ2v) is 3.88. The first-order valence-corrected chi connectivity index (χ1v) is 5.02. The molecule has 1 aromatic carbocycles. The number of benzene rings is 1. The normalized spacial score (nSPS) is 11.9. The number of hydrogen-bond donors (Lipinski definition) is 1. The molecule has 0 aliphatic carbocycles. The van der Waals surface area contributed by atoms with Crippen molar-refractivity contribution < 1.29 is 0 Å². The Labute approximate surface area is 86.8 Å². The van der Waals surface area contributed by atoms with Gasteiger partial charge in [0, 0.05) is 6.54 Å². The molecule has 1 heteroatoms. The fourth-order valence-electron chi connectivity index (χ4n) is 1.58. The maximum absolute atomic E-state index is 3.15. The summed E-state index contributed by atoms with van der Waals surface area (Å²) in [5.74, 6) is 0. The SMILES string of the molecule is CNC/C(C)=C/c1ccc(C)cc1C. The summed E-state index contributed by atoms with van der Waals surface area (Å²) in [4.78, 5) is 0. The number of rotatable bonds is 3. The van der Waals surface area contributed by atoms with E-state index in [1.807, 2.05) is 7.05 Å². The highest BCUT2D eigenvalue weighted by Gasteiger charge is 1.95. The van der Waals surface area contributed by atoms with Crippen LogP contribution in [0.25, 0.3) is 6.08 Å². The third kappa shape index (κ3) is 3.00.